The van der Waals surface area contributed by atoms with Crippen molar-refractivity contribution in [1.29, 1.82) is 0 Å². The molecular formula is C21H23NO5S. The number of carbonyl (C=O) groups excluding carboxylic acids is 2. The third-order valence-electron chi connectivity index (χ3n) is 4.92. The maximum absolute atomic E-state index is 12.8. The van der Waals surface area contributed by atoms with Gasteiger partial charge in [-0.05, 0) is 62.8 Å². The van der Waals surface area contributed by atoms with Crippen molar-refractivity contribution < 1.29 is 23.8 Å². The molecule has 1 aliphatic heterocycles. The summed E-state index contributed by atoms with van der Waals surface area (Å²) in [5.74, 6) is 1.08. The number of ether oxygens (including phenoxy) is 3. The molecule has 148 valence electrons. The van der Waals surface area contributed by atoms with Gasteiger partial charge in [-0.25, -0.2) is 4.79 Å². The molecule has 1 aromatic heterocycles. The van der Waals surface area contributed by atoms with Crippen molar-refractivity contribution in [2.24, 2.45) is 5.92 Å². The summed E-state index contributed by atoms with van der Waals surface area (Å²) in [5, 5.41) is 3.49. The number of rotatable bonds is 4. The summed E-state index contributed by atoms with van der Waals surface area (Å²) < 4.78 is 16.1. The highest BCUT2D eigenvalue weighted by molar-refractivity contribution is 7.17. The average Bonchev–Trinajstić information content (AvgIpc) is 3.23. The molecule has 4 rings (SSSR count). The van der Waals surface area contributed by atoms with E-state index in [9.17, 15) is 9.59 Å². The highest BCUT2D eigenvalue weighted by atomic mass is 32.1. The molecule has 0 saturated carbocycles. The molecule has 0 spiro atoms. The Morgan fingerprint density at radius 2 is 2.04 bits per heavy atom. The average molecular weight is 401 g/mol. The van der Waals surface area contributed by atoms with Gasteiger partial charge in [-0.2, -0.15) is 0 Å². The molecule has 1 aromatic carbocycles. The molecule has 7 heteroatoms. The minimum Gasteiger partial charge on any atom is -0.459 e. The summed E-state index contributed by atoms with van der Waals surface area (Å²) in [6.07, 6.45) is 2.56. The number of amides is 1. The van der Waals surface area contributed by atoms with Gasteiger partial charge < -0.3 is 19.5 Å². The summed E-state index contributed by atoms with van der Waals surface area (Å²) in [5.41, 5.74) is 1.98. The van der Waals surface area contributed by atoms with E-state index in [2.05, 4.69) is 12.2 Å². The summed E-state index contributed by atoms with van der Waals surface area (Å²) >= 11 is 1.48. The van der Waals surface area contributed by atoms with Crippen LogP contribution in [0.15, 0.2) is 18.2 Å². The lowest BCUT2D eigenvalue weighted by atomic mass is 9.88. The Balaban J connectivity index is 1.64. The van der Waals surface area contributed by atoms with Crippen LogP contribution in [0.5, 0.6) is 11.5 Å². The first kappa shape index (κ1) is 18.8. The van der Waals surface area contributed by atoms with Crippen molar-refractivity contribution in [3.05, 3.63) is 39.8 Å². The second-order valence-corrected chi connectivity index (χ2v) is 8.64. The Morgan fingerprint density at radius 1 is 1.25 bits per heavy atom. The van der Waals surface area contributed by atoms with Crippen LogP contribution in [0.25, 0.3) is 0 Å². The van der Waals surface area contributed by atoms with Crippen LogP contribution in [0.1, 0.15) is 58.3 Å². The van der Waals surface area contributed by atoms with E-state index in [0.717, 1.165) is 29.7 Å². The Kier molecular flexibility index (Phi) is 5.02. The molecule has 0 fully saturated rings. The van der Waals surface area contributed by atoms with Crippen LogP contribution in [-0.4, -0.2) is 24.8 Å². The normalized spacial score (nSPS) is 17.4. The predicted molar refractivity (Wildman–Crippen MR) is 107 cm³/mol. The topological polar surface area (TPSA) is 73.9 Å². The Morgan fingerprint density at radius 3 is 2.82 bits per heavy atom. The standard InChI is InChI=1S/C21H23NO5S/c1-11(2)27-21(24)18-14-6-4-12(3)8-17(14)28-20(18)22-19(23)13-5-7-15-16(9-13)26-10-25-15/h5,7,9,11-12H,4,6,8,10H2,1-3H3,(H,22,23)/t12-/m1/s1. The van der Waals surface area contributed by atoms with Crippen molar-refractivity contribution in [3.63, 3.8) is 0 Å². The largest absolute Gasteiger partial charge is 0.459 e. The molecule has 0 unspecified atom stereocenters. The third kappa shape index (κ3) is 3.58. The molecular weight excluding hydrogens is 378 g/mol. The van der Waals surface area contributed by atoms with Gasteiger partial charge in [-0.3, -0.25) is 4.79 Å². The van der Waals surface area contributed by atoms with Crippen molar-refractivity contribution >= 4 is 28.2 Å². The minimum atomic E-state index is -0.372. The highest BCUT2D eigenvalue weighted by Crippen LogP contribution is 2.40. The van der Waals surface area contributed by atoms with Gasteiger partial charge in [-0.15, -0.1) is 11.3 Å². The zero-order valence-corrected chi connectivity index (χ0v) is 17.0. The monoisotopic (exact) mass is 401 g/mol. The molecule has 0 saturated heterocycles. The van der Waals surface area contributed by atoms with E-state index in [1.807, 2.05) is 13.8 Å². The predicted octanol–water partition coefficient (Wildman–Crippen LogP) is 4.42. The van der Waals surface area contributed by atoms with E-state index < -0.39 is 0 Å². The first-order valence-corrected chi connectivity index (χ1v) is 10.3. The molecule has 2 heterocycles. The van der Waals surface area contributed by atoms with Gasteiger partial charge in [0.05, 0.1) is 11.7 Å². The maximum atomic E-state index is 12.8. The third-order valence-corrected chi connectivity index (χ3v) is 6.09. The number of carbonyl (C=O) groups is 2. The zero-order valence-electron chi connectivity index (χ0n) is 16.2. The SMILES string of the molecule is CC(C)OC(=O)c1c(NC(=O)c2ccc3c(c2)OCO3)sc2c1CC[C@@H](C)C2. The number of nitrogens with one attached hydrogen (secondary N) is 1. The lowest BCUT2D eigenvalue weighted by Gasteiger charge is -2.18. The summed E-state index contributed by atoms with van der Waals surface area (Å²) in [4.78, 5) is 26.8. The number of benzene rings is 1. The van der Waals surface area contributed by atoms with E-state index >= 15 is 0 Å². The number of fused-ring (bicyclic) bond motifs is 2. The number of esters is 1. The Hall–Kier alpha value is -2.54. The van der Waals surface area contributed by atoms with E-state index in [4.69, 9.17) is 14.2 Å². The minimum absolute atomic E-state index is 0.154. The molecule has 6 nitrogen and oxygen atoms in total. The van der Waals surface area contributed by atoms with Crippen LogP contribution in [0.3, 0.4) is 0 Å². The zero-order chi connectivity index (χ0) is 19.8. The highest BCUT2D eigenvalue weighted by Gasteiger charge is 2.30. The van der Waals surface area contributed by atoms with E-state index in [1.165, 1.54) is 11.3 Å². The van der Waals surface area contributed by atoms with Crippen LogP contribution in [0.2, 0.25) is 0 Å². The summed E-state index contributed by atoms with van der Waals surface area (Å²) in [7, 11) is 0. The molecule has 28 heavy (non-hydrogen) atoms. The van der Waals surface area contributed by atoms with Gasteiger partial charge in [0.2, 0.25) is 6.79 Å². The van der Waals surface area contributed by atoms with Crippen LogP contribution in [0.4, 0.5) is 5.00 Å². The van der Waals surface area contributed by atoms with E-state index in [-0.39, 0.29) is 24.8 Å². The second kappa shape index (κ2) is 7.47. The molecule has 1 atom stereocenters. The van der Waals surface area contributed by atoms with Crippen LogP contribution in [0, 0.1) is 5.92 Å². The van der Waals surface area contributed by atoms with Crippen molar-refractivity contribution in [3.8, 4) is 11.5 Å². The van der Waals surface area contributed by atoms with Gasteiger partial charge >= 0.3 is 5.97 Å². The van der Waals surface area contributed by atoms with Crippen molar-refractivity contribution in [2.45, 2.75) is 46.1 Å². The summed E-state index contributed by atoms with van der Waals surface area (Å²) in [6.45, 7) is 6.01. The molecule has 1 aliphatic carbocycles. The quantitative estimate of drug-likeness (QED) is 0.768. The van der Waals surface area contributed by atoms with Crippen LogP contribution >= 0.6 is 11.3 Å². The Labute approximate surface area is 167 Å². The molecule has 1 N–H and O–H groups in total. The maximum Gasteiger partial charge on any atom is 0.341 e. The number of hydrogen-bond donors (Lipinski definition) is 1. The van der Waals surface area contributed by atoms with Crippen molar-refractivity contribution in [1.82, 2.24) is 0 Å². The Bertz CT molecular complexity index is 933. The lowest BCUT2D eigenvalue weighted by Crippen LogP contribution is -2.18. The van der Waals surface area contributed by atoms with Gasteiger partial charge in [-0.1, -0.05) is 6.92 Å². The van der Waals surface area contributed by atoms with Crippen molar-refractivity contribution in [2.75, 3.05) is 12.1 Å². The van der Waals surface area contributed by atoms with Crippen LogP contribution in [-0.2, 0) is 17.6 Å². The fourth-order valence-electron chi connectivity index (χ4n) is 3.54. The van der Waals surface area contributed by atoms with E-state index in [0.29, 0.717) is 33.5 Å². The lowest BCUT2D eigenvalue weighted by molar-refractivity contribution is 0.0378. The smallest absolute Gasteiger partial charge is 0.341 e. The number of anilines is 1. The van der Waals surface area contributed by atoms with E-state index in [1.54, 1.807) is 18.2 Å². The fourth-order valence-corrected chi connectivity index (χ4v) is 4.93. The van der Waals surface area contributed by atoms with Gasteiger partial charge in [0.25, 0.3) is 5.91 Å². The number of thiophene rings is 1. The molecule has 1 amide bonds. The van der Waals surface area contributed by atoms with Crippen LogP contribution < -0.4 is 14.8 Å². The first-order chi connectivity index (χ1) is 13.4. The second-order valence-electron chi connectivity index (χ2n) is 7.53. The molecule has 0 radical (unpaired) electrons. The van der Waals surface area contributed by atoms with Gasteiger partial charge in [0.1, 0.15) is 5.00 Å². The van der Waals surface area contributed by atoms with Gasteiger partial charge in [0, 0.05) is 10.4 Å². The molecule has 2 aromatic rings. The first-order valence-electron chi connectivity index (χ1n) is 9.49. The summed E-state index contributed by atoms with van der Waals surface area (Å²) in [6, 6.07) is 5.05. The fraction of sp³-hybridized carbons (Fsp3) is 0.429. The van der Waals surface area contributed by atoms with Gasteiger partial charge in [0.15, 0.2) is 11.5 Å². The molecule has 2 aliphatic rings. The molecule has 0 bridgehead atoms. The number of hydrogen-bond acceptors (Lipinski definition) is 6.